The van der Waals surface area contributed by atoms with Gasteiger partial charge in [-0.15, -0.1) is 0 Å². The van der Waals surface area contributed by atoms with Gasteiger partial charge in [-0.3, -0.25) is 0 Å². The molecule has 0 aliphatic carbocycles. The Morgan fingerprint density at radius 1 is 1.10 bits per heavy atom. The molecule has 1 atom stereocenters. The lowest BCUT2D eigenvalue weighted by Gasteiger charge is -2.27. The predicted octanol–water partition coefficient (Wildman–Crippen LogP) is 5.40. The van der Waals surface area contributed by atoms with Gasteiger partial charge in [-0.1, -0.05) is 36.4 Å². The Morgan fingerprint density at radius 3 is 2.55 bits per heavy atom. The van der Waals surface area contributed by atoms with E-state index in [4.69, 9.17) is 14.2 Å². The third kappa shape index (κ3) is 5.16. The average Bonchev–Trinajstić information content (AvgIpc) is 2.70. The van der Waals surface area contributed by atoms with E-state index in [1.165, 1.54) is 12.1 Å². The van der Waals surface area contributed by atoms with Crippen molar-refractivity contribution in [3.63, 3.8) is 0 Å². The van der Waals surface area contributed by atoms with Crippen LogP contribution in [-0.2, 0) is 16.1 Å². The van der Waals surface area contributed by atoms with Gasteiger partial charge in [-0.25, -0.2) is 9.18 Å². The summed E-state index contributed by atoms with van der Waals surface area (Å²) < 4.78 is 29.6. The Balaban J connectivity index is 1.87. The zero-order valence-corrected chi connectivity index (χ0v) is 16.7. The number of carbonyl (C=O) groups excluding carboxylic acids is 1. The van der Waals surface area contributed by atoms with Crippen LogP contribution in [0.5, 0.6) is 5.75 Å². The van der Waals surface area contributed by atoms with Crippen LogP contribution in [0.15, 0.2) is 71.8 Å². The van der Waals surface area contributed by atoms with E-state index in [2.05, 4.69) is 5.32 Å². The van der Waals surface area contributed by atoms with Crippen molar-refractivity contribution in [3.8, 4) is 5.75 Å². The second-order valence-corrected chi connectivity index (χ2v) is 6.68. The van der Waals surface area contributed by atoms with Crippen LogP contribution in [0.4, 0.5) is 9.18 Å². The van der Waals surface area contributed by atoms with Gasteiger partial charge in [-0.2, -0.15) is 0 Å². The number of para-hydroxylation sites is 1. The smallest absolute Gasteiger partial charge is 0.489 e. The Bertz CT molecular complexity index is 934. The van der Waals surface area contributed by atoms with Crippen LogP contribution in [0.2, 0.25) is 0 Å². The molecule has 0 amide bonds. The second kappa shape index (κ2) is 9.28. The SMILES string of the molecule is CCOC(=O)OC1=C(C)NC(C)=CC1c1ccccc1OCc1ccc(F)cc1. The topological polar surface area (TPSA) is 56.8 Å². The predicted molar refractivity (Wildman–Crippen MR) is 108 cm³/mol. The highest BCUT2D eigenvalue weighted by molar-refractivity contribution is 5.63. The zero-order valence-electron chi connectivity index (χ0n) is 16.7. The number of rotatable bonds is 6. The van der Waals surface area contributed by atoms with Crippen molar-refractivity contribution >= 4 is 6.16 Å². The van der Waals surface area contributed by atoms with Gasteiger partial charge >= 0.3 is 6.16 Å². The van der Waals surface area contributed by atoms with E-state index in [0.29, 0.717) is 18.1 Å². The maximum absolute atomic E-state index is 13.1. The molecule has 6 heteroatoms. The largest absolute Gasteiger partial charge is 0.513 e. The van der Waals surface area contributed by atoms with E-state index < -0.39 is 6.16 Å². The highest BCUT2D eigenvalue weighted by Gasteiger charge is 2.28. The lowest BCUT2D eigenvalue weighted by molar-refractivity contribution is 0.0773. The number of benzene rings is 2. The van der Waals surface area contributed by atoms with Crippen molar-refractivity contribution in [3.05, 3.63) is 88.7 Å². The standard InChI is InChI=1S/C23H24FNO4/c1-4-27-23(26)29-22-16(3)25-15(2)13-20(22)19-7-5-6-8-21(19)28-14-17-9-11-18(24)12-10-17/h5-13,20,25H,4,14H2,1-3H3. The fourth-order valence-corrected chi connectivity index (χ4v) is 3.18. The number of allylic oxidation sites excluding steroid dienone is 3. The average molecular weight is 397 g/mol. The highest BCUT2D eigenvalue weighted by atomic mass is 19.1. The fourth-order valence-electron chi connectivity index (χ4n) is 3.18. The quantitative estimate of drug-likeness (QED) is 0.662. The number of nitrogens with one attached hydrogen (secondary N) is 1. The molecule has 5 nitrogen and oxygen atoms in total. The Morgan fingerprint density at radius 2 is 1.83 bits per heavy atom. The van der Waals surface area contributed by atoms with Gasteiger partial charge in [0.05, 0.1) is 18.2 Å². The summed E-state index contributed by atoms with van der Waals surface area (Å²) in [5.41, 5.74) is 3.38. The van der Waals surface area contributed by atoms with Crippen molar-refractivity contribution < 1.29 is 23.4 Å². The maximum atomic E-state index is 13.1. The Kier molecular flexibility index (Phi) is 6.54. The molecule has 29 heavy (non-hydrogen) atoms. The van der Waals surface area contributed by atoms with Crippen LogP contribution >= 0.6 is 0 Å². The number of carbonyl (C=O) groups is 1. The van der Waals surface area contributed by atoms with Crippen LogP contribution in [0.25, 0.3) is 0 Å². The molecule has 2 aromatic carbocycles. The van der Waals surface area contributed by atoms with E-state index >= 15 is 0 Å². The molecule has 1 aliphatic heterocycles. The number of hydrogen-bond acceptors (Lipinski definition) is 5. The molecular formula is C23H24FNO4. The summed E-state index contributed by atoms with van der Waals surface area (Å²) in [7, 11) is 0. The fraction of sp³-hybridized carbons (Fsp3) is 0.261. The van der Waals surface area contributed by atoms with E-state index in [9.17, 15) is 9.18 Å². The van der Waals surface area contributed by atoms with Gasteiger partial charge < -0.3 is 19.5 Å². The molecule has 1 unspecified atom stereocenters. The van der Waals surface area contributed by atoms with Gasteiger partial charge in [0.25, 0.3) is 0 Å². The molecule has 1 heterocycles. The molecule has 0 bridgehead atoms. The molecular weight excluding hydrogens is 373 g/mol. The van der Waals surface area contributed by atoms with Crippen molar-refractivity contribution in [2.75, 3.05) is 6.61 Å². The monoisotopic (exact) mass is 397 g/mol. The molecule has 0 radical (unpaired) electrons. The van der Waals surface area contributed by atoms with Crippen LogP contribution < -0.4 is 10.1 Å². The van der Waals surface area contributed by atoms with E-state index in [0.717, 1.165) is 22.5 Å². The first kappa shape index (κ1) is 20.5. The van der Waals surface area contributed by atoms with Crippen LogP contribution in [-0.4, -0.2) is 12.8 Å². The summed E-state index contributed by atoms with van der Waals surface area (Å²) in [6, 6.07) is 13.8. The van der Waals surface area contributed by atoms with E-state index in [-0.39, 0.29) is 18.3 Å². The van der Waals surface area contributed by atoms with Crippen LogP contribution in [0.1, 0.15) is 37.8 Å². The first-order valence-electron chi connectivity index (χ1n) is 9.45. The third-order valence-electron chi connectivity index (χ3n) is 4.47. The Hall–Kier alpha value is -3.28. The van der Waals surface area contributed by atoms with Crippen molar-refractivity contribution in [2.45, 2.75) is 33.3 Å². The molecule has 2 aromatic rings. The van der Waals surface area contributed by atoms with Gasteiger partial charge in [0.15, 0.2) is 0 Å². The number of halogens is 1. The summed E-state index contributed by atoms with van der Waals surface area (Å²) in [5.74, 6) is 0.522. The minimum atomic E-state index is -0.744. The minimum Gasteiger partial charge on any atom is -0.489 e. The summed E-state index contributed by atoms with van der Waals surface area (Å²) in [4.78, 5) is 11.9. The van der Waals surface area contributed by atoms with E-state index in [1.54, 1.807) is 19.1 Å². The molecule has 0 spiro atoms. The second-order valence-electron chi connectivity index (χ2n) is 6.68. The maximum Gasteiger partial charge on any atom is 0.513 e. The summed E-state index contributed by atoms with van der Waals surface area (Å²) in [6.07, 6.45) is 1.23. The highest BCUT2D eigenvalue weighted by Crippen LogP contribution is 2.38. The van der Waals surface area contributed by atoms with Crippen LogP contribution in [0, 0.1) is 5.82 Å². The number of dihydropyridines is 1. The Labute approximate surface area is 169 Å². The minimum absolute atomic E-state index is 0.232. The first-order chi connectivity index (χ1) is 14.0. The molecule has 3 rings (SSSR count). The summed E-state index contributed by atoms with van der Waals surface area (Å²) in [6.45, 7) is 6.04. The summed E-state index contributed by atoms with van der Waals surface area (Å²) >= 11 is 0. The molecule has 0 fully saturated rings. The van der Waals surface area contributed by atoms with Crippen molar-refractivity contribution in [1.82, 2.24) is 5.32 Å². The molecule has 0 aromatic heterocycles. The van der Waals surface area contributed by atoms with Crippen molar-refractivity contribution in [2.24, 2.45) is 0 Å². The zero-order chi connectivity index (χ0) is 20.8. The van der Waals surface area contributed by atoms with Gasteiger partial charge in [0.1, 0.15) is 23.9 Å². The van der Waals surface area contributed by atoms with Gasteiger partial charge in [-0.05, 0) is 44.5 Å². The molecule has 1 N–H and O–H groups in total. The first-order valence-corrected chi connectivity index (χ1v) is 9.45. The third-order valence-corrected chi connectivity index (χ3v) is 4.47. The van der Waals surface area contributed by atoms with Gasteiger partial charge in [0, 0.05) is 11.3 Å². The lowest BCUT2D eigenvalue weighted by atomic mass is 9.92. The number of ether oxygens (including phenoxy) is 3. The van der Waals surface area contributed by atoms with Gasteiger partial charge in [0.2, 0.25) is 0 Å². The van der Waals surface area contributed by atoms with Crippen molar-refractivity contribution in [1.29, 1.82) is 0 Å². The van der Waals surface area contributed by atoms with Crippen LogP contribution in [0.3, 0.4) is 0 Å². The summed E-state index contributed by atoms with van der Waals surface area (Å²) in [5, 5.41) is 3.19. The van der Waals surface area contributed by atoms with E-state index in [1.807, 2.05) is 44.2 Å². The molecule has 152 valence electrons. The molecule has 1 aliphatic rings. The molecule has 0 saturated carbocycles. The number of hydrogen-bond donors (Lipinski definition) is 1. The molecule has 0 saturated heterocycles. The normalized spacial score (nSPS) is 16.0. The lowest BCUT2D eigenvalue weighted by Crippen LogP contribution is -2.23.